The van der Waals surface area contributed by atoms with Gasteiger partial charge in [-0.2, -0.15) is 0 Å². The van der Waals surface area contributed by atoms with Crippen LogP contribution in [-0.4, -0.2) is 21.7 Å². The summed E-state index contributed by atoms with van der Waals surface area (Å²) in [5, 5.41) is 3.37. The minimum atomic E-state index is -0.361. The highest BCUT2D eigenvalue weighted by atomic mass is 35.5. The summed E-state index contributed by atoms with van der Waals surface area (Å²) in [6, 6.07) is 2.88. The Morgan fingerprint density at radius 2 is 1.71 bits per heavy atom. The fourth-order valence-corrected chi connectivity index (χ4v) is 3.24. The Kier molecular flexibility index (Phi) is 3.73. The van der Waals surface area contributed by atoms with Crippen molar-refractivity contribution in [2.24, 2.45) is 0 Å². The van der Waals surface area contributed by atoms with Gasteiger partial charge in [-0.15, -0.1) is 11.3 Å². The first-order chi connectivity index (χ1) is 10.0. The van der Waals surface area contributed by atoms with Gasteiger partial charge in [0.15, 0.2) is 0 Å². The third kappa shape index (κ3) is 2.46. The minimum absolute atomic E-state index is 0.165. The van der Waals surface area contributed by atoms with E-state index in [4.69, 9.17) is 23.2 Å². The largest absolute Gasteiger partial charge is 0.269 e. The Morgan fingerprint density at radius 3 is 2.19 bits per heavy atom. The summed E-state index contributed by atoms with van der Waals surface area (Å²) in [6.07, 6.45) is 0.831. The smallest absolute Gasteiger partial charge is 0.261 e. The number of amides is 2. The van der Waals surface area contributed by atoms with Gasteiger partial charge in [0.2, 0.25) is 0 Å². The van der Waals surface area contributed by atoms with Gasteiger partial charge >= 0.3 is 0 Å². The molecule has 1 aromatic heterocycles. The van der Waals surface area contributed by atoms with Crippen molar-refractivity contribution in [2.45, 2.75) is 19.9 Å². The molecule has 0 N–H and O–H groups in total. The molecule has 4 nitrogen and oxygen atoms in total. The average Bonchev–Trinajstić information content (AvgIpc) is 3.00. The van der Waals surface area contributed by atoms with Crippen molar-refractivity contribution in [1.82, 2.24) is 9.88 Å². The Hall–Kier alpha value is -1.43. The topological polar surface area (TPSA) is 50.3 Å². The van der Waals surface area contributed by atoms with Crippen LogP contribution in [-0.2, 0) is 13.0 Å². The van der Waals surface area contributed by atoms with Gasteiger partial charge in [-0.05, 0) is 18.6 Å². The molecule has 108 valence electrons. The summed E-state index contributed by atoms with van der Waals surface area (Å²) < 4.78 is 0. The molecule has 0 bridgehead atoms. The van der Waals surface area contributed by atoms with Gasteiger partial charge in [0.05, 0.1) is 38.4 Å². The van der Waals surface area contributed by atoms with E-state index in [0.29, 0.717) is 16.8 Å². The summed E-state index contributed by atoms with van der Waals surface area (Å²) in [5.74, 6) is -0.723. The number of nitrogens with zero attached hydrogens (tertiary/aromatic N) is 2. The van der Waals surface area contributed by atoms with Crippen LogP contribution in [0.25, 0.3) is 0 Å². The molecule has 0 aliphatic carbocycles. The third-order valence-electron chi connectivity index (χ3n) is 3.23. The minimum Gasteiger partial charge on any atom is -0.269 e. The number of rotatable bonds is 3. The normalized spacial score (nSPS) is 14.0. The fraction of sp³-hybridized carbons (Fsp3) is 0.214. The predicted molar refractivity (Wildman–Crippen MR) is 82.2 cm³/mol. The number of aryl methyl sites for hydroxylation is 1. The Balaban J connectivity index is 1.92. The van der Waals surface area contributed by atoms with Crippen molar-refractivity contribution < 1.29 is 9.59 Å². The molecule has 0 radical (unpaired) electrons. The molecule has 0 saturated heterocycles. The maximum atomic E-state index is 12.3. The first-order valence-corrected chi connectivity index (χ1v) is 7.93. The van der Waals surface area contributed by atoms with Crippen LogP contribution in [0, 0.1) is 0 Å². The molecule has 0 unspecified atom stereocenters. The van der Waals surface area contributed by atoms with E-state index in [0.717, 1.165) is 11.4 Å². The number of carbonyl (C=O) groups excluding carboxylic acids is 2. The highest BCUT2D eigenvalue weighted by molar-refractivity contribution is 7.09. The molecule has 7 heteroatoms. The average molecular weight is 341 g/mol. The van der Waals surface area contributed by atoms with Crippen LogP contribution in [0.3, 0.4) is 0 Å². The van der Waals surface area contributed by atoms with Gasteiger partial charge in [0.25, 0.3) is 11.8 Å². The van der Waals surface area contributed by atoms with E-state index in [1.807, 2.05) is 12.3 Å². The number of imide groups is 1. The van der Waals surface area contributed by atoms with E-state index in [1.165, 1.54) is 28.4 Å². The number of aromatic nitrogens is 1. The molecule has 0 atom stereocenters. The Labute approximate surface area is 135 Å². The SMILES string of the molecule is CCc1nc(CN2C(=O)c3cc(Cl)c(Cl)cc3C2=O)cs1. The fourth-order valence-electron chi connectivity index (χ4n) is 2.17. The number of thiazole rings is 1. The lowest BCUT2D eigenvalue weighted by Crippen LogP contribution is -2.29. The van der Waals surface area contributed by atoms with E-state index < -0.39 is 0 Å². The highest BCUT2D eigenvalue weighted by Crippen LogP contribution is 2.32. The lowest BCUT2D eigenvalue weighted by molar-refractivity contribution is 0.0640. The first-order valence-electron chi connectivity index (χ1n) is 6.29. The van der Waals surface area contributed by atoms with Gasteiger partial charge in [0.1, 0.15) is 0 Å². The monoisotopic (exact) mass is 340 g/mol. The van der Waals surface area contributed by atoms with Gasteiger partial charge < -0.3 is 0 Å². The molecule has 2 heterocycles. The van der Waals surface area contributed by atoms with Crippen molar-refractivity contribution in [3.8, 4) is 0 Å². The standard InChI is InChI=1S/C14H10Cl2N2O2S/c1-2-12-17-7(6-21-12)5-18-13(19)8-3-10(15)11(16)4-9(8)14(18)20/h3-4,6H,2,5H2,1H3. The zero-order valence-electron chi connectivity index (χ0n) is 11.0. The molecular formula is C14H10Cl2N2O2S. The number of benzene rings is 1. The van der Waals surface area contributed by atoms with E-state index in [2.05, 4.69) is 4.98 Å². The zero-order valence-corrected chi connectivity index (χ0v) is 13.3. The molecule has 3 rings (SSSR count). The predicted octanol–water partition coefficient (Wildman–Crippen LogP) is 3.81. The summed E-state index contributed by atoms with van der Waals surface area (Å²) in [5.41, 5.74) is 1.30. The van der Waals surface area contributed by atoms with Crippen LogP contribution in [0.2, 0.25) is 10.0 Å². The second-order valence-electron chi connectivity index (χ2n) is 4.59. The molecule has 1 aliphatic rings. The maximum Gasteiger partial charge on any atom is 0.261 e. The van der Waals surface area contributed by atoms with Crippen molar-refractivity contribution in [2.75, 3.05) is 0 Å². The second kappa shape index (κ2) is 5.40. The van der Waals surface area contributed by atoms with E-state index >= 15 is 0 Å². The van der Waals surface area contributed by atoms with Gasteiger partial charge in [0, 0.05) is 5.38 Å². The number of fused-ring (bicyclic) bond motifs is 1. The molecule has 1 aromatic carbocycles. The number of hydrogen-bond donors (Lipinski definition) is 0. The lowest BCUT2D eigenvalue weighted by Gasteiger charge is -2.11. The van der Waals surface area contributed by atoms with Crippen molar-refractivity contribution in [1.29, 1.82) is 0 Å². The van der Waals surface area contributed by atoms with E-state index in [1.54, 1.807) is 0 Å². The van der Waals surface area contributed by atoms with E-state index in [9.17, 15) is 9.59 Å². The summed E-state index contributed by atoms with van der Waals surface area (Å²) in [6.45, 7) is 2.17. The lowest BCUT2D eigenvalue weighted by atomic mass is 10.1. The molecular weight excluding hydrogens is 331 g/mol. The van der Waals surface area contributed by atoms with Crippen LogP contribution < -0.4 is 0 Å². The molecule has 2 aromatic rings. The van der Waals surface area contributed by atoms with Gasteiger partial charge in [-0.25, -0.2) is 4.98 Å². The van der Waals surface area contributed by atoms with Crippen molar-refractivity contribution in [3.63, 3.8) is 0 Å². The van der Waals surface area contributed by atoms with Crippen LogP contribution in [0.5, 0.6) is 0 Å². The highest BCUT2D eigenvalue weighted by Gasteiger charge is 2.36. The molecule has 0 saturated carbocycles. The Bertz CT molecular complexity index is 716. The number of carbonyl (C=O) groups is 2. The second-order valence-corrected chi connectivity index (χ2v) is 6.35. The van der Waals surface area contributed by atoms with Gasteiger partial charge in [-0.1, -0.05) is 30.1 Å². The van der Waals surface area contributed by atoms with Crippen LogP contribution in [0.1, 0.15) is 38.3 Å². The molecule has 0 fully saturated rings. The van der Waals surface area contributed by atoms with Crippen LogP contribution in [0.4, 0.5) is 0 Å². The maximum absolute atomic E-state index is 12.3. The number of hydrogen-bond acceptors (Lipinski definition) is 4. The first kappa shape index (κ1) is 14.5. The number of halogens is 2. The quantitative estimate of drug-likeness (QED) is 0.798. The van der Waals surface area contributed by atoms with Crippen molar-refractivity contribution >= 4 is 46.4 Å². The van der Waals surface area contributed by atoms with Crippen molar-refractivity contribution in [3.05, 3.63) is 49.4 Å². The molecule has 21 heavy (non-hydrogen) atoms. The molecule has 0 spiro atoms. The Morgan fingerprint density at radius 1 is 1.14 bits per heavy atom. The molecule has 2 amide bonds. The zero-order chi connectivity index (χ0) is 15.1. The summed E-state index contributed by atoms with van der Waals surface area (Å²) in [4.78, 5) is 30.2. The van der Waals surface area contributed by atoms with Crippen LogP contribution >= 0.6 is 34.5 Å². The third-order valence-corrected chi connectivity index (χ3v) is 5.00. The van der Waals surface area contributed by atoms with Crippen LogP contribution in [0.15, 0.2) is 17.5 Å². The summed E-state index contributed by atoms with van der Waals surface area (Å²) in [7, 11) is 0. The van der Waals surface area contributed by atoms with E-state index in [-0.39, 0.29) is 28.4 Å². The summed E-state index contributed by atoms with van der Waals surface area (Å²) >= 11 is 13.3. The molecule has 1 aliphatic heterocycles. The van der Waals surface area contributed by atoms with Gasteiger partial charge in [-0.3, -0.25) is 14.5 Å².